The van der Waals surface area contributed by atoms with E-state index in [4.69, 9.17) is 4.74 Å². The van der Waals surface area contributed by atoms with Gasteiger partial charge >= 0.3 is 0 Å². The molecular formula is C33H31F2NO4. The molecule has 5 nitrogen and oxygen atoms in total. The molecular weight excluding hydrogens is 512 g/mol. The molecule has 0 saturated heterocycles. The molecule has 5 rings (SSSR count). The van der Waals surface area contributed by atoms with E-state index in [-0.39, 0.29) is 40.0 Å². The molecule has 1 aliphatic rings. The van der Waals surface area contributed by atoms with E-state index in [1.54, 1.807) is 18.2 Å². The molecule has 1 heterocycles. The largest absolute Gasteiger partial charge is 0.507 e. The van der Waals surface area contributed by atoms with Crippen molar-refractivity contribution in [2.45, 2.75) is 64.9 Å². The van der Waals surface area contributed by atoms with Gasteiger partial charge in [-0.1, -0.05) is 59.7 Å². The van der Waals surface area contributed by atoms with Crippen LogP contribution in [0.3, 0.4) is 0 Å². The van der Waals surface area contributed by atoms with E-state index in [0.29, 0.717) is 11.3 Å². The van der Waals surface area contributed by atoms with Crippen LogP contribution in [0, 0.1) is 11.6 Å². The van der Waals surface area contributed by atoms with Gasteiger partial charge in [-0.25, -0.2) is 13.8 Å². The lowest BCUT2D eigenvalue weighted by molar-refractivity contribution is 0.0888. The zero-order chi connectivity index (χ0) is 29.1. The Kier molecular flexibility index (Phi) is 6.52. The summed E-state index contributed by atoms with van der Waals surface area (Å²) in [4.78, 5) is 30.7. The molecule has 4 aromatic rings. The minimum Gasteiger partial charge on any atom is -0.507 e. The van der Waals surface area contributed by atoms with E-state index >= 15 is 0 Å². The number of ether oxygens (including phenoxy) is 1. The number of rotatable bonds is 4. The highest BCUT2D eigenvalue weighted by Gasteiger charge is 2.41. The zero-order valence-electron chi connectivity index (χ0n) is 23.4. The van der Waals surface area contributed by atoms with Crippen molar-refractivity contribution in [2.75, 3.05) is 0 Å². The van der Waals surface area contributed by atoms with Crippen LogP contribution < -0.4 is 4.74 Å². The molecule has 0 fully saturated rings. The van der Waals surface area contributed by atoms with Gasteiger partial charge in [-0.05, 0) is 63.9 Å². The number of benzene rings is 3. The highest BCUT2D eigenvalue weighted by molar-refractivity contribution is 6.29. The molecule has 0 saturated carbocycles. The molecule has 0 amide bonds. The molecule has 1 aliphatic carbocycles. The maximum absolute atomic E-state index is 13.8. The maximum Gasteiger partial charge on any atom is 0.180 e. The van der Waals surface area contributed by atoms with Gasteiger partial charge in [-0.2, -0.15) is 0 Å². The zero-order valence-corrected chi connectivity index (χ0v) is 23.4. The molecule has 0 radical (unpaired) electrons. The number of hydrogen-bond donors (Lipinski definition) is 1. The second-order valence-corrected chi connectivity index (χ2v) is 12.4. The highest BCUT2D eigenvalue weighted by atomic mass is 19.2. The van der Waals surface area contributed by atoms with Crippen molar-refractivity contribution in [1.29, 1.82) is 0 Å². The lowest BCUT2D eigenvalue weighted by atomic mass is 9.78. The van der Waals surface area contributed by atoms with Crippen molar-refractivity contribution >= 4 is 22.5 Å². The third-order valence-corrected chi connectivity index (χ3v) is 7.30. The molecule has 206 valence electrons. The third-order valence-electron chi connectivity index (χ3n) is 7.30. The summed E-state index contributed by atoms with van der Waals surface area (Å²) in [6.45, 7) is 12.5. The highest BCUT2D eigenvalue weighted by Crippen LogP contribution is 2.40. The first kappa shape index (κ1) is 27.4. The summed E-state index contributed by atoms with van der Waals surface area (Å²) in [6, 6.07) is 14.2. The number of para-hydroxylation sites is 1. The standard InChI is InChI=1S/C33H31F2NO4/c1-32(2,3)21-12-17(13-22(31(21)39)33(4,5)6)16-40-26-9-7-8-18-10-11-25(36-28(18)26)27-29(37)19-14-23(34)24(35)15-20(19)30(27)38/h7-15,27,39H,16H2,1-6H3. The molecule has 0 aliphatic heterocycles. The van der Waals surface area contributed by atoms with Crippen LogP contribution in [0.1, 0.15) is 90.6 Å². The van der Waals surface area contributed by atoms with Gasteiger partial charge in [0.15, 0.2) is 23.2 Å². The first-order valence-corrected chi connectivity index (χ1v) is 13.1. The lowest BCUT2D eigenvalue weighted by Gasteiger charge is -2.28. The fourth-order valence-electron chi connectivity index (χ4n) is 5.15. The van der Waals surface area contributed by atoms with Crippen LogP contribution in [0.25, 0.3) is 10.9 Å². The van der Waals surface area contributed by atoms with E-state index < -0.39 is 29.1 Å². The number of hydrogen-bond acceptors (Lipinski definition) is 5. The van der Waals surface area contributed by atoms with Crippen LogP contribution >= 0.6 is 0 Å². The van der Waals surface area contributed by atoms with Crippen LogP contribution in [-0.4, -0.2) is 21.7 Å². The van der Waals surface area contributed by atoms with Gasteiger partial charge in [0.2, 0.25) is 0 Å². The van der Waals surface area contributed by atoms with Gasteiger partial charge in [-0.15, -0.1) is 0 Å². The number of carbonyl (C=O) groups excluding carboxylic acids is 2. The van der Waals surface area contributed by atoms with Crippen molar-refractivity contribution < 1.29 is 28.2 Å². The number of aromatic nitrogens is 1. The van der Waals surface area contributed by atoms with E-state index in [2.05, 4.69) is 4.98 Å². The fraction of sp³-hybridized carbons (Fsp3) is 0.303. The topological polar surface area (TPSA) is 76.5 Å². The Labute approximate surface area is 231 Å². The van der Waals surface area contributed by atoms with Crippen molar-refractivity contribution in [3.63, 3.8) is 0 Å². The van der Waals surface area contributed by atoms with Crippen LogP contribution in [0.15, 0.2) is 54.6 Å². The molecule has 1 N–H and O–H groups in total. The average Bonchev–Trinajstić information content (AvgIpc) is 3.10. The molecule has 1 aromatic heterocycles. The Morgan fingerprint density at radius 3 is 1.90 bits per heavy atom. The normalized spacial score (nSPS) is 14.2. The van der Waals surface area contributed by atoms with Gasteiger partial charge in [-0.3, -0.25) is 9.59 Å². The number of Topliss-reactive ketones (excluding diaryl/α,β-unsaturated/α-hetero) is 2. The Bertz CT molecular complexity index is 1620. The van der Waals surface area contributed by atoms with E-state index in [1.807, 2.05) is 65.8 Å². The van der Waals surface area contributed by atoms with Crippen molar-refractivity contribution in [2.24, 2.45) is 0 Å². The number of halogens is 2. The van der Waals surface area contributed by atoms with E-state index in [0.717, 1.165) is 34.2 Å². The lowest BCUT2D eigenvalue weighted by Crippen LogP contribution is -2.18. The van der Waals surface area contributed by atoms with E-state index in [1.165, 1.54) is 0 Å². The van der Waals surface area contributed by atoms with Crippen LogP contribution in [0.4, 0.5) is 8.78 Å². The third kappa shape index (κ3) is 4.74. The number of aromatic hydroxyl groups is 1. The van der Waals surface area contributed by atoms with Crippen LogP contribution in [-0.2, 0) is 17.4 Å². The number of carbonyl (C=O) groups is 2. The minimum absolute atomic E-state index is 0.142. The van der Waals surface area contributed by atoms with Gasteiger partial charge < -0.3 is 9.84 Å². The van der Waals surface area contributed by atoms with Gasteiger partial charge in [0, 0.05) is 16.5 Å². The minimum atomic E-state index is -1.28. The summed E-state index contributed by atoms with van der Waals surface area (Å²) < 4.78 is 33.8. The number of phenolic OH excluding ortho intramolecular Hbond substituents is 1. The van der Waals surface area contributed by atoms with E-state index in [9.17, 15) is 23.5 Å². The number of nitrogens with zero attached hydrogens (tertiary/aromatic N) is 1. The van der Waals surface area contributed by atoms with Crippen molar-refractivity contribution in [3.8, 4) is 11.5 Å². The Hall–Kier alpha value is -4.13. The molecule has 0 spiro atoms. The maximum atomic E-state index is 13.8. The number of phenols is 1. The van der Waals surface area contributed by atoms with Crippen LogP contribution in [0.5, 0.6) is 11.5 Å². The number of ketones is 2. The summed E-state index contributed by atoms with van der Waals surface area (Å²) in [5, 5.41) is 11.8. The second kappa shape index (κ2) is 9.51. The van der Waals surface area contributed by atoms with Gasteiger partial charge in [0.25, 0.3) is 0 Å². The summed E-state index contributed by atoms with van der Waals surface area (Å²) in [5.74, 6) is -4.13. The van der Waals surface area contributed by atoms with Gasteiger partial charge in [0.05, 0.1) is 5.69 Å². The molecule has 7 heteroatoms. The average molecular weight is 544 g/mol. The smallest absolute Gasteiger partial charge is 0.180 e. The molecule has 0 unspecified atom stereocenters. The predicted octanol–water partition coefficient (Wildman–Crippen LogP) is 7.56. The fourth-order valence-corrected chi connectivity index (χ4v) is 5.15. The summed E-state index contributed by atoms with van der Waals surface area (Å²) in [7, 11) is 0. The summed E-state index contributed by atoms with van der Waals surface area (Å²) in [6.07, 6.45) is 0. The molecule has 0 bridgehead atoms. The Morgan fingerprint density at radius 2 is 1.38 bits per heavy atom. The van der Waals surface area contributed by atoms with Crippen molar-refractivity contribution in [1.82, 2.24) is 4.98 Å². The second-order valence-electron chi connectivity index (χ2n) is 12.4. The Balaban J connectivity index is 1.51. The molecule has 3 aromatic carbocycles. The monoisotopic (exact) mass is 543 g/mol. The Morgan fingerprint density at radius 1 is 0.825 bits per heavy atom. The summed E-state index contributed by atoms with van der Waals surface area (Å²) >= 11 is 0. The molecule has 0 atom stereocenters. The number of fused-ring (bicyclic) bond motifs is 2. The summed E-state index contributed by atoms with van der Waals surface area (Å²) in [5.41, 5.74) is 2.30. The van der Waals surface area contributed by atoms with Crippen LogP contribution in [0.2, 0.25) is 0 Å². The molecule has 40 heavy (non-hydrogen) atoms. The van der Waals surface area contributed by atoms with Crippen molar-refractivity contribution in [3.05, 3.63) is 99.7 Å². The van der Waals surface area contributed by atoms with Gasteiger partial charge in [0.1, 0.15) is 29.5 Å². The SMILES string of the molecule is CC(C)(C)c1cc(COc2cccc3ccc(C4C(=O)c5cc(F)c(F)cc5C4=O)nc23)cc(C(C)(C)C)c1O. The first-order chi connectivity index (χ1) is 18.7. The first-order valence-electron chi connectivity index (χ1n) is 13.1. The number of pyridine rings is 1. The predicted molar refractivity (Wildman–Crippen MR) is 149 cm³/mol. The quantitative estimate of drug-likeness (QED) is 0.269.